The molecule has 0 heterocycles. The highest BCUT2D eigenvalue weighted by Gasteiger charge is 2.53. The van der Waals surface area contributed by atoms with Crippen LogP contribution in [0.3, 0.4) is 0 Å². The SMILES string of the molecule is O=S(=O)(O)C1(CCCCCC(O)CCCCCC2(SOOO)CC2)CC1. The summed E-state index contributed by atoms with van der Waals surface area (Å²) in [6.07, 6.45) is 11.8. The van der Waals surface area contributed by atoms with Gasteiger partial charge in [0.2, 0.25) is 0 Å². The highest BCUT2D eigenvalue weighted by atomic mass is 32.2. The van der Waals surface area contributed by atoms with Gasteiger partial charge < -0.3 is 5.11 Å². The molecule has 1 unspecified atom stereocenters. The third-order valence-electron chi connectivity index (χ3n) is 5.74. The molecule has 0 aromatic carbocycles. The summed E-state index contributed by atoms with van der Waals surface area (Å²) in [4.78, 5) is 0. The molecule has 7 nitrogen and oxygen atoms in total. The summed E-state index contributed by atoms with van der Waals surface area (Å²) in [6.45, 7) is 0. The minimum absolute atomic E-state index is 0.113. The van der Waals surface area contributed by atoms with E-state index in [1.54, 1.807) is 0 Å². The van der Waals surface area contributed by atoms with Gasteiger partial charge in [-0.05, 0) is 51.4 Å². The Hall–Kier alpha value is 0.1000. The van der Waals surface area contributed by atoms with Gasteiger partial charge in [0, 0.05) is 16.8 Å². The van der Waals surface area contributed by atoms with Gasteiger partial charge in [-0.2, -0.15) is 8.42 Å². The maximum absolute atomic E-state index is 11.3. The molecule has 2 saturated carbocycles. The average molecular weight is 413 g/mol. The van der Waals surface area contributed by atoms with Crippen molar-refractivity contribution >= 4 is 22.2 Å². The number of aliphatic hydroxyl groups excluding tert-OH is 1. The van der Waals surface area contributed by atoms with E-state index in [1.165, 1.54) is 12.0 Å². The lowest BCUT2D eigenvalue weighted by atomic mass is 10.0. The molecule has 2 rings (SSSR count). The topological polar surface area (TPSA) is 113 Å². The highest BCUT2D eigenvalue weighted by Crippen LogP contribution is 2.52. The van der Waals surface area contributed by atoms with Crippen LogP contribution < -0.4 is 0 Å². The van der Waals surface area contributed by atoms with E-state index in [-0.39, 0.29) is 10.9 Å². The van der Waals surface area contributed by atoms with Crippen molar-refractivity contribution in [3.05, 3.63) is 0 Å². The fourth-order valence-corrected chi connectivity index (χ4v) is 5.22. The summed E-state index contributed by atoms with van der Waals surface area (Å²) in [5.41, 5.74) is 0. The van der Waals surface area contributed by atoms with Crippen LogP contribution in [0.15, 0.2) is 0 Å². The minimum atomic E-state index is -3.90. The lowest BCUT2D eigenvalue weighted by Gasteiger charge is -2.13. The fraction of sp³-hybridized carbons (Fsp3) is 1.00. The zero-order valence-electron chi connectivity index (χ0n) is 15.3. The highest BCUT2D eigenvalue weighted by molar-refractivity contribution is 7.96. The van der Waals surface area contributed by atoms with Gasteiger partial charge in [-0.3, -0.25) is 4.55 Å². The molecule has 154 valence electrons. The lowest BCUT2D eigenvalue weighted by molar-refractivity contribution is -0.432. The lowest BCUT2D eigenvalue weighted by Crippen LogP contribution is -2.21. The molecule has 2 fully saturated rings. The molecule has 3 N–H and O–H groups in total. The van der Waals surface area contributed by atoms with Crippen molar-refractivity contribution in [1.82, 2.24) is 0 Å². The van der Waals surface area contributed by atoms with Crippen molar-refractivity contribution in [2.24, 2.45) is 0 Å². The fourth-order valence-electron chi connectivity index (χ4n) is 3.53. The average Bonchev–Trinajstić information content (AvgIpc) is 3.48. The molecule has 0 bridgehead atoms. The quantitative estimate of drug-likeness (QED) is 0.113. The second kappa shape index (κ2) is 10.0. The van der Waals surface area contributed by atoms with Crippen LogP contribution in [-0.4, -0.2) is 38.9 Å². The van der Waals surface area contributed by atoms with Crippen LogP contribution in [0.25, 0.3) is 0 Å². The summed E-state index contributed by atoms with van der Waals surface area (Å²) in [6, 6.07) is 0. The molecule has 0 aliphatic heterocycles. The van der Waals surface area contributed by atoms with Crippen molar-refractivity contribution in [2.75, 3.05) is 0 Å². The molecule has 9 heteroatoms. The van der Waals surface area contributed by atoms with E-state index in [1.807, 2.05) is 0 Å². The van der Waals surface area contributed by atoms with E-state index in [9.17, 15) is 18.1 Å². The molecule has 0 saturated heterocycles. The third kappa shape index (κ3) is 7.26. The normalized spacial score (nSPS) is 21.5. The molecular weight excluding hydrogens is 380 g/mol. The molecule has 26 heavy (non-hydrogen) atoms. The number of hydrogen-bond donors (Lipinski definition) is 3. The van der Waals surface area contributed by atoms with Crippen LogP contribution in [0, 0.1) is 0 Å². The van der Waals surface area contributed by atoms with Gasteiger partial charge in [-0.15, -0.1) is 4.33 Å². The smallest absolute Gasteiger partial charge is 0.270 e. The Morgan fingerprint density at radius 3 is 1.96 bits per heavy atom. The molecule has 0 aromatic rings. The molecule has 2 aliphatic carbocycles. The zero-order valence-corrected chi connectivity index (χ0v) is 16.9. The molecule has 2 aliphatic rings. The van der Waals surface area contributed by atoms with Gasteiger partial charge in [0.25, 0.3) is 10.1 Å². The van der Waals surface area contributed by atoms with E-state index in [4.69, 9.17) is 5.26 Å². The maximum atomic E-state index is 11.3. The van der Waals surface area contributed by atoms with Crippen LogP contribution in [0.5, 0.6) is 0 Å². The first kappa shape index (κ1) is 22.4. The van der Waals surface area contributed by atoms with E-state index in [2.05, 4.69) is 9.37 Å². The third-order valence-corrected chi connectivity index (χ3v) is 8.54. The number of hydrogen-bond acceptors (Lipinski definition) is 7. The first-order valence-corrected chi connectivity index (χ1v) is 11.8. The largest absolute Gasteiger partial charge is 0.393 e. The van der Waals surface area contributed by atoms with Crippen LogP contribution in [0.4, 0.5) is 0 Å². The van der Waals surface area contributed by atoms with Crippen LogP contribution in [0.1, 0.15) is 89.9 Å². The molecular formula is C17H32O7S2. The van der Waals surface area contributed by atoms with Crippen molar-refractivity contribution in [1.29, 1.82) is 0 Å². The van der Waals surface area contributed by atoms with Crippen molar-refractivity contribution in [2.45, 2.75) is 105 Å². The predicted octanol–water partition coefficient (Wildman–Crippen LogP) is 4.27. The zero-order chi connectivity index (χ0) is 19.1. The monoisotopic (exact) mass is 412 g/mol. The summed E-state index contributed by atoms with van der Waals surface area (Å²) in [5.74, 6) is 0. The number of rotatable bonds is 16. The van der Waals surface area contributed by atoms with Gasteiger partial charge in [-0.25, -0.2) is 5.26 Å². The van der Waals surface area contributed by atoms with Gasteiger partial charge in [0.1, 0.15) is 0 Å². The van der Waals surface area contributed by atoms with Gasteiger partial charge in [0.05, 0.1) is 10.9 Å². The number of unbranched alkanes of at least 4 members (excludes halogenated alkanes) is 4. The van der Waals surface area contributed by atoms with Gasteiger partial charge in [0.15, 0.2) is 0 Å². The van der Waals surface area contributed by atoms with E-state index in [0.717, 1.165) is 70.6 Å². The Labute approximate surface area is 160 Å². The Kier molecular flexibility index (Phi) is 8.65. The Morgan fingerprint density at radius 2 is 1.50 bits per heavy atom. The summed E-state index contributed by atoms with van der Waals surface area (Å²) in [5, 5.41) is 21.9. The Bertz CT molecular complexity index is 515. The van der Waals surface area contributed by atoms with E-state index in [0.29, 0.717) is 19.3 Å². The van der Waals surface area contributed by atoms with Crippen molar-refractivity contribution in [3.8, 4) is 0 Å². The van der Waals surface area contributed by atoms with Crippen LogP contribution in [0.2, 0.25) is 0 Å². The molecule has 0 aromatic heterocycles. The van der Waals surface area contributed by atoms with E-state index >= 15 is 0 Å². The maximum Gasteiger partial charge on any atom is 0.270 e. The van der Waals surface area contributed by atoms with Crippen molar-refractivity contribution in [3.63, 3.8) is 0 Å². The Balaban J connectivity index is 1.42. The second-order valence-electron chi connectivity index (χ2n) is 7.92. The van der Waals surface area contributed by atoms with Gasteiger partial charge in [-0.1, -0.05) is 43.6 Å². The molecule has 0 radical (unpaired) electrons. The summed E-state index contributed by atoms with van der Waals surface area (Å²) < 4.78 is 35.5. The first-order valence-electron chi connectivity index (χ1n) is 9.64. The first-order chi connectivity index (χ1) is 12.3. The summed E-state index contributed by atoms with van der Waals surface area (Å²) >= 11 is 1.20. The standard InChI is InChI=1S/C17H32O7S2/c18-15(7-3-1-5-9-16(11-12-16)25-24-23-19)8-4-2-6-10-17(13-14-17)26(20,21)22/h15,18-19H,1-14H2,(H,20,21,22). The second-order valence-corrected chi connectivity index (χ2v) is 10.9. The van der Waals surface area contributed by atoms with Crippen molar-refractivity contribution < 1.29 is 32.7 Å². The van der Waals surface area contributed by atoms with Crippen LogP contribution in [-0.2, 0) is 19.5 Å². The summed E-state index contributed by atoms with van der Waals surface area (Å²) in [7, 11) is -3.90. The van der Waals surface area contributed by atoms with Gasteiger partial charge >= 0.3 is 0 Å². The molecule has 0 amide bonds. The van der Waals surface area contributed by atoms with Crippen LogP contribution >= 0.6 is 12.0 Å². The van der Waals surface area contributed by atoms with E-state index < -0.39 is 14.9 Å². The minimum Gasteiger partial charge on any atom is -0.393 e. The Morgan fingerprint density at radius 1 is 0.923 bits per heavy atom. The molecule has 0 spiro atoms. The molecule has 1 atom stereocenters. The predicted molar refractivity (Wildman–Crippen MR) is 100 cm³/mol. The number of aliphatic hydroxyl groups is 1.